The fraction of sp³-hybridized carbons (Fsp3) is 0.333. The molecule has 0 fully saturated rings. The van der Waals surface area contributed by atoms with E-state index in [0.29, 0.717) is 6.54 Å². The number of nitrogens with zero attached hydrogens (tertiary/aromatic N) is 3. The molecule has 1 aromatic carbocycles. The van der Waals surface area contributed by atoms with Gasteiger partial charge in [-0.1, -0.05) is 32.9 Å². The molecule has 3 aromatic rings. The van der Waals surface area contributed by atoms with Gasteiger partial charge in [-0.05, 0) is 49.6 Å². The Kier molecular flexibility index (Phi) is 8.94. The molecule has 2 amide bonds. The highest BCUT2D eigenvalue weighted by atomic mass is 16.2. The molecule has 164 valence electrons. The molecule has 1 unspecified atom stereocenters. The van der Waals surface area contributed by atoms with Gasteiger partial charge in [0.1, 0.15) is 5.82 Å². The molecule has 0 aliphatic rings. The molecule has 0 saturated heterocycles. The van der Waals surface area contributed by atoms with Gasteiger partial charge in [-0.2, -0.15) is 0 Å². The van der Waals surface area contributed by atoms with E-state index >= 15 is 0 Å². The van der Waals surface area contributed by atoms with Crippen LogP contribution in [0.25, 0.3) is 11.3 Å². The number of aryl methyl sites for hydroxylation is 1. The normalized spacial score (nSPS) is 11.2. The minimum absolute atomic E-state index is 0. The van der Waals surface area contributed by atoms with Crippen molar-refractivity contribution in [3.63, 3.8) is 0 Å². The summed E-state index contributed by atoms with van der Waals surface area (Å²) in [5.41, 5.74) is 4.57. The van der Waals surface area contributed by atoms with Crippen molar-refractivity contribution >= 4 is 17.5 Å². The van der Waals surface area contributed by atoms with E-state index in [1.165, 1.54) is 0 Å². The first-order valence-corrected chi connectivity index (χ1v) is 10.2. The first-order chi connectivity index (χ1) is 14.6. The van der Waals surface area contributed by atoms with Gasteiger partial charge in [0.2, 0.25) is 0 Å². The van der Waals surface area contributed by atoms with Crippen LogP contribution in [0.3, 0.4) is 0 Å². The van der Waals surface area contributed by atoms with Gasteiger partial charge in [0.15, 0.2) is 0 Å². The number of nitrogens with one attached hydrogen (secondary N) is 3. The lowest BCUT2D eigenvalue weighted by atomic mass is 10.0. The van der Waals surface area contributed by atoms with Crippen LogP contribution in [0, 0.1) is 6.92 Å². The molecule has 0 aliphatic heterocycles. The Balaban J connectivity index is 0.00000341. The summed E-state index contributed by atoms with van der Waals surface area (Å²) in [6.07, 6.45) is 9.15. The second-order valence-electron chi connectivity index (χ2n) is 7.08. The molecular formula is C24H32N6O. The van der Waals surface area contributed by atoms with Crippen LogP contribution in [0.1, 0.15) is 51.3 Å². The van der Waals surface area contributed by atoms with Crippen molar-refractivity contribution in [3.8, 4) is 11.3 Å². The Bertz CT molecular complexity index is 977. The number of anilines is 2. The summed E-state index contributed by atoms with van der Waals surface area (Å²) < 4.78 is 0. The lowest BCUT2D eigenvalue weighted by Gasteiger charge is -2.19. The molecule has 31 heavy (non-hydrogen) atoms. The fourth-order valence-corrected chi connectivity index (χ4v) is 3.24. The van der Waals surface area contributed by atoms with Gasteiger partial charge < -0.3 is 16.0 Å². The standard InChI is InChI=1S/C23H28N6O.CH4/c1-4-7-20(18-8-6-11-24-13-18)27-22-15-25-14-21(28-22)17-9-10-19(16(3)12-17)29-23(30)26-5-2;/h6,8-15,20H,4-5,7H2,1-3H3,(H,27,28)(H2,26,29,30);1H4. The molecular weight excluding hydrogens is 388 g/mol. The highest BCUT2D eigenvalue weighted by molar-refractivity contribution is 5.90. The van der Waals surface area contributed by atoms with E-state index in [0.717, 1.165) is 46.7 Å². The Morgan fingerprint density at radius 2 is 1.94 bits per heavy atom. The van der Waals surface area contributed by atoms with Crippen LogP contribution in [0.2, 0.25) is 0 Å². The summed E-state index contributed by atoms with van der Waals surface area (Å²) >= 11 is 0. The summed E-state index contributed by atoms with van der Waals surface area (Å²) in [5.74, 6) is 0.719. The van der Waals surface area contributed by atoms with Crippen LogP contribution >= 0.6 is 0 Å². The Hall–Kier alpha value is -3.48. The maximum Gasteiger partial charge on any atom is 0.319 e. The van der Waals surface area contributed by atoms with E-state index in [1.807, 2.05) is 44.3 Å². The second kappa shape index (κ2) is 11.6. The fourth-order valence-electron chi connectivity index (χ4n) is 3.24. The number of hydrogen-bond donors (Lipinski definition) is 3. The summed E-state index contributed by atoms with van der Waals surface area (Å²) in [4.78, 5) is 25.1. The minimum Gasteiger partial charge on any atom is -0.362 e. The number of carbonyl (C=O) groups excluding carboxylic acids is 1. The predicted octanol–water partition coefficient (Wildman–Crippen LogP) is 5.58. The largest absolute Gasteiger partial charge is 0.362 e. The van der Waals surface area contributed by atoms with Crippen LogP contribution < -0.4 is 16.0 Å². The summed E-state index contributed by atoms with van der Waals surface area (Å²) in [6, 6.07) is 9.75. The Morgan fingerprint density at radius 3 is 2.61 bits per heavy atom. The molecule has 2 aromatic heterocycles. The van der Waals surface area contributed by atoms with Gasteiger partial charge in [0.05, 0.1) is 24.1 Å². The molecule has 0 saturated carbocycles. The number of benzene rings is 1. The third-order valence-corrected chi connectivity index (χ3v) is 4.73. The number of amides is 2. The third kappa shape index (κ3) is 6.50. The van der Waals surface area contributed by atoms with Gasteiger partial charge in [0, 0.05) is 30.2 Å². The van der Waals surface area contributed by atoms with E-state index in [1.54, 1.807) is 18.6 Å². The van der Waals surface area contributed by atoms with Crippen LogP contribution in [-0.4, -0.2) is 27.5 Å². The van der Waals surface area contributed by atoms with Crippen LogP contribution in [0.15, 0.2) is 55.1 Å². The first-order valence-electron chi connectivity index (χ1n) is 10.2. The molecule has 7 heteroatoms. The molecule has 7 nitrogen and oxygen atoms in total. The minimum atomic E-state index is -0.211. The van der Waals surface area contributed by atoms with E-state index in [-0.39, 0.29) is 19.5 Å². The van der Waals surface area contributed by atoms with E-state index in [4.69, 9.17) is 4.98 Å². The molecule has 0 bridgehead atoms. The maximum absolute atomic E-state index is 11.8. The van der Waals surface area contributed by atoms with Crippen molar-refractivity contribution in [1.82, 2.24) is 20.3 Å². The number of rotatable bonds is 8. The average Bonchev–Trinajstić information content (AvgIpc) is 2.76. The molecule has 0 radical (unpaired) electrons. The molecule has 2 heterocycles. The highest BCUT2D eigenvalue weighted by Gasteiger charge is 2.13. The number of hydrogen-bond acceptors (Lipinski definition) is 5. The monoisotopic (exact) mass is 420 g/mol. The Morgan fingerprint density at radius 1 is 1.10 bits per heavy atom. The van der Waals surface area contributed by atoms with Crippen LogP contribution in [0.4, 0.5) is 16.3 Å². The second-order valence-corrected chi connectivity index (χ2v) is 7.08. The molecule has 1 atom stereocenters. The zero-order chi connectivity index (χ0) is 21.3. The van der Waals surface area contributed by atoms with Crippen molar-refractivity contribution < 1.29 is 4.79 Å². The number of pyridine rings is 1. The number of aromatic nitrogens is 3. The number of carbonyl (C=O) groups is 1. The Labute approximate surface area is 184 Å². The molecule has 3 rings (SSSR count). The number of urea groups is 1. The van der Waals surface area contributed by atoms with Crippen molar-refractivity contribution in [1.29, 1.82) is 0 Å². The molecule has 3 N–H and O–H groups in total. The average molecular weight is 421 g/mol. The van der Waals surface area contributed by atoms with E-state index in [9.17, 15) is 4.79 Å². The predicted molar refractivity (Wildman–Crippen MR) is 127 cm³/mol. The lowest BCUT2D eigenvalue weighted by molar-refractivity contribution is 0.252. The maximum atomic E-state index is 11.8. The third-order valence-electron chi connectivity index (χ3n) is 4.73. The van der Waals surface area contributed by atoms with Crippen molar-refractivity contribution in [2.45, 2.75) is 47.1 Å². The van der Waals surface area contributed by atoms with Gasteiger partial charge in [-0.15, -0.1) is 0 Å². The topological polar surface area (TPSA) is 91.8 Å². The summed E-state index contributed by atoms with van der Waals surface area (Å²) in [7, 11) is 0. The van der Waals surface area contributed by atoms with Gasteiger partial charge >= 0.3 is 6.03 Å². The first kappa shape index (κ1) is 23.8. The van der Waals surface area contributed by atoms with Crippen LogP contribution in [-0.2, 0) is 0 Å². The quantitative estimate of drug-likeness (QED) is 0.442. The smallest absolute Gasteiger partial charge is 0.319 e. The molecule has 0 spiro atoms. The van der Waals surface area contributed by atoms with E-state index in [2.05, 4.69) is 38.9 Å². The zero-order valence-corrected chi connectivity index (χ0v) is 17.6. The zero-order valence-electron chi connectivity index (χ0n) is 17.6. The van der Waals surface area contributed by atoms with Crippen molar-refractivity contribution in [2.24, 2.45) is 0 Å². The summed E-state index contributed by atoms with van der Waals surface area (Å²) in [5, 5.41) is 9.08. The van der Waals surface area contributed by atoms with Crippen molar-refractivity contribution in [3.05, 3.63) is 66.2 Å². The van der Waals surface area contributed by atoms with E-state index < -0.39 is 0 Å². The van der Waals surface area contributed by atoms with Gasteiger partial charge in [-0.25, -0.2) is 9.78 Å². The van der Waals surface area contributed by atoms with Gasteiger partial charge in [0.25, 0.3) is 0 Å². The molecule has 0 aliphatic carbocycles. The van der Waals surface area contributed by atoms with Crippen LogP contribution in [0.5, 0.6) is 0 Å². The SMILES string of the molecule is C.CCCC(Nc1cncc(-c2ccc(NC(=O)NCC)c(C)c2)n1)c1cccnc1. The highest BCUT2D eigenvalue weighted by Crippen LogP contribution is 2.26. The van der Waals surface area contributed by atoms with Crippen molar-refractivity contribution in [2.75, 3.05) is 17.2 Å². The van der Waals surface area contributed by atoms with Gasteiger partial charge in [-0.3, -0.25) is 9.97 Å². The summed E-state index contributed by atoms with van der Waals surface area (Å²) in [6.45, 7) is 6.58. The lowest BCUT2D eigenvalue weighted by Crippen LogP contribution is -2.28.